The first-order valence-corrected chi connectivity index (χ1v) is 14.6. The quantitative estimate of drug-likeness (QED) is 0.661. The number of hydrogen-bond acceptors (Lipinski definition) is 6. The summed E-state index contributed by atoms with van der Waals surface area (Å²) in [6.45, 7) is 10.2. The molecule has 1 N–H and O–H groups in total. The SMILES string of the molecule is CN1CCN(COC2CCC3(C)C(CCC4C3CCC3(C)C(c5ccc(=O)oc5)CCC43O)C2)CC1. The Morgan fingerprint density at radius 1 is 1.00 bits per heavy atom. The Labute approximate surface area is 216 Å². The summed E-state index contributed by atoms with van der Waals surface area (Å²) in [5.74, 6) is 1.94. The number of rotatable bonds is 4. The van der Waals surface area contributed by atoms with Gasteiger partial charge in [0.15, 0.2) is 0 Å². The van der Waals surface area contributed by atoms with Crippen LogP contribution in [0.4, 0.5) is 0 Å². The Bertz CT molecular complexity index is 984. The second-order valence-corrected chi connectivity index (χ2v) is 13.5. The number of nitrogens with zero attached hydrogens (tertiary/aromatic N) is 2. The molecule has 6 nitrogen and oxygen atoms in total. The van der Waals surface area contributed by atoms with E-state index in [1.54, 1.807) is 6.26 Å². The van der Waals surface area contributed by atoms with Gasteiger partial charge in [-0.05, 0) is 106 Å². The minimum absolute atomic E-state index is 0.153. The monoisotopic (exact) mass is 498 g/mol. The maximum Gasteiger partial charge on any atom is 0.335 e. The Hall–Kier alpha value is -1.21. The second kappa shape index (κ2) is 9.21. The molecule has 0 aromatic carbocycles. The van der Waals surface area contributed by atoms with Crippen LogP contribution in [0.3, 0.4) is 0 Å². The van der Waals surface area contributed by atoms with Gasteiger partial charge in [0, 0.05) is 37.7 Å². The van der Waals surface area contributed by atoms with E-state index in [-0.39, 0.29) is 17.0 Å². The number of aliphatic hydroxyl groups is 1. The van der Waals surface area contributed by atoms with E-state index in [1.807, 2.05) is 6.07 Å². The van der Waals surface area contributed by atoms with E-state index in [0.29, 0.717) is 29.3 Å². The third-order valence-corrected chi connectivity index (χ3v) is 12.0. The zero-order valence-corrected chi connectivity index (χ0v) is 22.6. The first-order valence-electron chi connectivity index (χ1n) is 14.6. The lowest BCUT2D eigenvalue weighted by atomic mass is 9.43. The molecule has 1 aromatic rings. The fourth-order valence-corrected chi connectivity index (χ4v) is 9.63. The average molecular weight is 499 g/mol. The minimum atomic E-state index is -0.626. The maximum atomic E-state index is 12.4. The van der Waals surface area contributed by atoms with E-state index in [0.717, 1.165) is 70.6 Å². The van der Waals surface area contributed by atoms with Crippen LogP contribution in [0.15, 0.2) is 27.6 Å². The summed E-state index contributed by atoms with van der Waals surface area (Å²) in [4.78, 5) is 16.4. The molecule has 4 saturated carbocycles. The van der Waals surface area contributed by atoms with Crippen LogP contribution in [-0.4, -0.2) is 66.6 Å². The summed E-state index contributed by atoms with van der Waals surface area (Å²) in [5, 5.41) is 12.4. The molecule has 0 spiro atoms. The van der Waals surface area contributed by atoms with Crippen LogP contribution < -0.4 is 5.63 Å². The highest BCUT2D eigenvalue weighted by atomic mass is 16.5. The number of piperazine rings is 1. The molecule has 2 heterocycles. The van der Waals surface area contributed by atoms with Gasteiger partial charge in [0.05, 0.1) is 24.7 Å². The Balaban J connectivity index is 1.14. The molecule has 4 aliphatic carbocycles. The summed E-state index contributed by atoms with van der Waals surface area (Å²) in [7, 11) is 2.20. The summed E-state index contributed by atoms with van der Waals surface area (Å²) in [6, 6.07) is 3.47. The standard InChI is InChI=1S/C30H46N2O4/c1-28-11-8-23(36-20-32-16-14-31(3)15-17-32)18-22(28)5-6-26-25(28)9-12-29(2)24(10-13-30(26,29)34)21-4-7-27(33)35-19-21/h4,7,19,22-26,34H,5-6,8-18,20H2,1-3H3. The third kappa shape index (κ3) is 3.93. The number of likely N-dealkylation sites (N-methyl/N-ethyl adjacent to an activating group) is 1. The molecule has 5 fully saturated rings. The van der Waals surface area contributed by atoms with E-state index in [1.165, 1.54) is 31.7 Å². The largest absolute Gasteiger partial charge is 0.431 e. The lowest BCUT2D eigenvalue weighted by molar-refractivity contribution is -0.208. The number of hydrogen-bond donors (Lipinski definition) is 1. The molecule has 1 aromatic heterocycles. The zero-order valence-electron chi connectivity index (χ0n) is 22.6. The first kappa shape index (κ1) is 25.1. The highest BCUT2D eigenvalue weighted by molar-refractivity contribution is 5.27. The lowest BCUT2D eigenvalue weighted by Crippen LogP contribution is -2.62. The van der Waals surface area contributed by atoms with E-state index < -0.39 is 5.60 Å². The van der Waals surface area contributed by atoms with Gasteiger partial charge in [0.25, 0.3) is 0 Å². The molecular formula is C30H46N2O4. The molecule has 5 aliphatic rings. The number of ether oxygens (including phenoxy) is 1. The molecule has 6 rings (SSSR count). The van der Waals surface area contributed by atoms with Crippen molar-refractivity contribution in [2.75, 3.05) is 40.0 Å². The van der Waals surface area contributed by atoms with Crippen LogP contribution in [0.25, 0.3) is 0 Å². The van der Waals surface area contributed by atoms with Crippen LogP contribution in [0.1, 0.15) is 83.1 Å². The van der Waals surface area contributed by atoms with Gasteiger partial charge in [-0.25, -0.2) is 4.79 Å². The van der Waals surface area contributed by atoms with E-state index in [2.05, 4.69) is 30.7 Å². The Kier molecular flexibility index (Phi) is 6.42. The second-order valence-electron chi connectivity index (χ2n) is 13.5. The van der Waals surface area contributed by atoms with Crippen molar-refractivity contribution in [3.63, 3.8) is 0 Å². The van der Waals surface area contributed by atoms with Crippen LogP contribution in [0.5, 0.6) is 0 Å². The van der Waals surface area contributed by atoms with Crippen molar-refractivity contribution in [1.29, 1.82) is 0 Å². The molecule has 8 unspecified atom stereocenters. The smallest absolute Gasteiger partial charge is 0.335 e. The highest BCUT2D eigenvalue weighted by Gasteiger charge is 2.67. The fourth-order valence-electron chi connectivity index (χ4n) is 9.63. The van der Waals surface area contributed by atoms with Crippen molar-refractivity contribution in [2.24, 2.45) is 28.6 Å². The van der Waals surface area contributed by atoms with Gasteiger partial charge >= 0.3 is 5.63 Å². The molecule has 36 heavy (non-hydrogen) atoms. The van der Waals surface area contributed by atoms with Crippen molar-refractivity contribution < 1.29 is 14.3 Å². The molecule has 6 heteroatoms. The van der Waals surface area contributed by atoms with Crippen molar-refractivity contribution in [2.45, 2.75) is 89.3 Å². The van der Waals surface area contributed by atoms with E-state index >= 15 is 0 Å². The van der Waals surface area contributed by atoms with Crippen LogP contribution in [0.2, 0.25) is 0 Å². The topological polar surface area (TPSA) is 66.2 Å². The zero-order chi connectivity index (χ0) is 25.1. The van der Waals surface area contributed by atoms with Gasteiger partial charge in [0.2, 0.25) is 0 Å². The Morgan fingerprint density at radius 2 is 1.81 bits per heavy atom. The van der Waals surface area contributed by atoms with Gasteiger partial charge in [0.1, 0.15) is 0 Å². The summed E-state index contributed by atoms with van der Waals surface area (Å²) >= 11 is 0. The molecular weight excluding hydrogens is 452 g/mol. The number of fused-ring (bicyclic) bond motifs is 5. The predicted octanol–water partition coefficient (Wildman–Crippen LogP) is 4.47. The average Bonchev–Trinajstić information content (AvgIpc) is 3.15. The van der Waals surface area contributed by atoms with Crippen LogP contribution >= 0.6 is 0 Å². The van der Waals surface area contributed by atoms with Gasteiger partial charge in [-0.3, -0.25) is 4.90 Å². The van der Waals surface area contributed by atoms with Crippen molar-refractivity contribution in [1.82, 2.24) is 9.80 Å². The molecule has 1 aliphatic heterocycles. The molecule has 0 bridgehead atoms. The molecule has 8 atom stereocenters. The summed E-state index contributed by atoms with van der Waals surface area (Å²) in [6.07, 6.45) is 12.1. The van der Waals surface area contributed by atoms with Crippen molar-refractivity contribution in [3.8, 4) is 0 Å². The van der Waals surface area contributed by atoms with Crippen LogP contribution in [-0.2, 0) is 4.74 Å². The van der Waals surface area contributed by atoms with E-state index in [4.69, 9.17) is 9.15 Å². The maximum absolute atomic E-state index is 12.4. The normalized spacial score (nSPS) is 45.6. The molecule has 0 radical (unpaired) electrons. The molecule has 1 saturated heterocycles. The summed E-state index contributed by atoms with van der Waals surface area (Å²) < 4.78 is 11.7. The lowest BCUT2D eigenvalue weighted by Gasteiger charge is -2.63. The molecule has 0 amide bonds. The Morgan fingerprint density at radius 3 is 2.56 bits per heavy atom. The first-order chi connectivity index (χ1) is 17.2. The van der Waals surface area contributed by atoms with Gasteiger partial charge in [-0.2, -0.15) is 0 Å². The fraction of sp³-hybridized carbons (Fsp3) is 0.833. The van der Waals surface area contributed by atoms with Gasteiger partial charge in [-0.1, -0.05) is 13.8 Å². The van der Waals surface area contributed by atoms with E-state index in [9.17, 15) is 9.90 Å². The summed E-state index contributed by atoms with van der Waals surface area (Å²) in [5.41, 5.74) is 0.324. The van der Waals surface area contributed by atoms with Gasteiger partial charge < -0.3 is 19.2 Å². The molecule has 200 valence electrons. The van der Waals surface area contributed by atoms with Crippen molar-refractivity contribution in [3.05, 3.63) is 34.4 Å². The minimum Gasteiger partial charge on any atom is -0.431 e. The highest BCUT2D eigenvalue weighted by Crippen LogP contribution is 2.70. The van der Waals surface area contributed by atoms with Gasteiger partial charge in [-0.15, -0.1) is 0 Å². The predicted molar refractivity (Wildman–Crippen MR) is 140 cm³/mol. The van der Waals surface area contributed by atoms with Crippen LogP contribution in [0, 0.1) is 28.6 Å². The third-order valence-electron chi connectivity index (χ3n) is 12.0. The van der Waals surface area contributed by atoms with Crippen molar-refractivity contribution >= 4 is 0 Å².